The molecule has 5 heteroatoms. The molecule has 2 heterocycles. The average molecular weight is 222 g/mol. The summed E-state index contributed by atoms with van der Waals surface area (Å²) in [5.41, 5.74) is 1.16. The Bertz CT molecular complexity index is 226. The number of halogens is 2. The van der Waals surface area contributed by atoms with Crippen LogP contribution in [0.4, 0.5) is 5.69 Å². The molecule has 74 valence electrons. The van der Waals surface area contributed by atoms with Crippen LogP contribution in [0.1, 0.15) is 0 Å². The van der Waals surface area contributed by atoms with Crippen LogP contribution in [0.2, 0.25) is 0 Å². The maximum atomic E-state index is 3.94. The highest BCUT2D eigenvalue weighted by atomic mass is 35.5. The van der Waals surface area contributed by atoms with E-state index >= 15 is 0 Å². The molecule has 1 fully saturated rings. The third-order valence-corrected chi connectivity index (χ3v) is 1.83. The molecule has 0 spiro atoms. The number of anilines is 1. The SMILES string of the molecule is Cl.Cl.c1cc(NC2CNC2)ccn1. The zero-order valence-electron chi connectivity index (χ0n) is 7.06. The number of hydrogen-bond donors (Lipinski definition) is 2. The van der Waals surface area contributed by atoms with Gasteiger partial charge >= 0.3 is 0 Å². The first kappa shape index (κ1) is 12.5. The van der Waals surface area contributed by atoms with E-state index in [4.69, 9.17) is 0 Å². The van der Waals surface area contributed by atoms with Crippen molar-refractivity contribution in [1.29, 1.82) is 0 Å². The van der Waals surface area contributed by atoms with E-state index in [2.05, 4.69) is 15.6 Å². The summed E-state index contributed by atoms with van der Waals surface area (Å²) < 4.78 is 0. The summed E-state index contributed by atoms with van der Waals surface area (Å²) in [6.07, 6.45) is 3.60. The summed E-state index contributed by atoms with van der Waals surface area (Å²) in [4.78, 5) is 3.94. The number of pyridine rings is 1. The van der Waals surface area contributed by atoms with Gasteiger partial charge in [0.25, 0.3) is 0 Å². The van der Waals surface area contributed by atoms with Crippen LogP contribution in [0.3, 0.4) is 0 Å². The molecule has 1 aromatic rings. The second-order valence-corrected chi connectivity index (χ2v) is 2.74. The molecule has 0 radical (unpaired) electrons. The van der Waals surface area contributed by atoms with Crippen LogP contribution < -0.4 is 10.6 Å². The van der Waals surface area contributed by atoms with Gasteiger partial charge in [0.1, 0.15) is 0 Å². The van der Waals surface area contributed by atoms with Crippen LogP contribution in [0.15, 0.2) is 24.5 Å². The maximum absolute atomic E-state index is 3.94. The lowest BCUT2D eigenvalue weighted by atomic mass is 10.2. The van der Waals surface area contributed by atoms with Crippen LogP contribution in [0.5, 0.6) is 0 Å². The van der Waals surface area contributed by atoms with Crippen molar-refractivity contribution in [2.24, 2.45) is 0 Å². The molecule has 2 N–H and O–H groups in total. The van der Waals surface area contributed by atoms with Crippen molar-refractivity contribution < 1.29 is 0 Å². The second-order valence-electron chi connectivity index (χ2n) is 2.74. The topological polar surface area (TPSA) is 37.0 Å². The van der Waals surface area contributed by atoms with Gasteiger partial charge in [-0.3, -0.25) is 4.98 Å². The maximum Gasteiger partial charge on any atom is 0.0510 e. The van der Waals surface area contributed by atoms with Gasteiger partial charge < -0.3 is 10.6 Å². The Kier molecular flexibility index (Phi) is 5.79. The molecule has 13 heavy (non-hydrogen) atoms. The van der Waals surface area contributed by atoms with E-state index in [9.17, 15) is 0 Å². The predicted octanol–water partition coefficient (Wildman–Crippen LogP) is 1.31. The summed E-state index contributed by atoms with van der Waals surface area (Å²) in [7, 11) is 0. The second kappa shape index (κ2) is 6.02. The number of rotatable bonds is 2. The largest absolute Gasteiger partial charge is 0.380 e. The molecule has 0 bridgehead atoms. The molecule has 0 saturated carbocycles. The fraction of sp³-hybridized carbons (Fsp3) is 0.375. The minimum absolute atomic E-state index is 0. The predicted molar refractivity (Wildman–Crippen MR) is 59.0 cm³/mol. The third kappa shape index (κ3) is 3.38. The van der Waals surface area contributed by atoms with Crippen molar-refractivity contribution in [1.82, 2.24) is 10.3 Å². The normalized spacial score (nSPS) is 14.8. The van der Waals surface area contributed by atoms with E-state index in [1.807, 2.05) is 12.1 Å². The van der Waals surface area contributed by atoms with Gasteiger partial charge in [-0.1, -0.05) is 0 Å². The van der Waals surface area contributed by atoms with E-state index < -0.39 is 0 Å². The van der Waals surface area contributed by atoms with E-state index in [1.54, 1.807) is 12.4 Å². The highest BCUT2D eigenvalue weighted by molar-refractivity contribution is 5.85. The Labute approximate surface area is 90.1 Å². The summed E-state index contributed by atoms with van der Waals surface area (Å²) in [5.74, 6) is 0. The molecule has 0 amide bonds. The molecule has 1 aliphatic heterocycles. The number of nitrogens with zero attached hydrogens (tertiary/aromatic N) is 1. The standard InChI is InChI=1S/C8H11N3.2ClH/c1-3-9-4-2-7(1)11-8-5-10-6-8;;/h1-4,8,10H,5-6H2,(H,9,11);2*1H. The van der Waals surface area contributed by atoms with Crippen molar-refractivity contribution in [2.75, 3.05) is 18.4 Å². The minimum Gasteiger partial charge on any atom is -0.380 e. The molecular weight excluding hydrogens is 209 g/mol. The Morgan fingerprint density at radius 2 is 1.85 bits per heavy atom. The van der Waals surface area contributed by atoms with Crippen LogP contribution >= 0.6 is 24.8 Å². The lowest BCUT2D eigenvalue weighted by Gasteiger charge is -2.28. The first-order valence-corrected chi connectivity index (χ1v) is 3.82. The molecule has 1 saturated heterocycles. The van der Waals surface area contributed by atoms with Crippen molar-refractivity contribution in [3.05, 3.63) is 24.5 Å². The summed E-state index contributed by atoms with van der Waals surface area (Å²) >= 11 is 0. The third-order valence-electron chi connectivity index (χ3n) is 1.83. The van der Waals surface area contributed by atoms with Crippen LogP contribution in [0.25, 0.3) is 0 Å². The van der Waals surface area contributed by atoms with Gasteiger partial charge in [0, 0.05) is 31.2 Å². The number of aromatic nitrogens is 1. The fourth-order valence-electron chi connectivity index (χ4n) is 1.07. The average Bonchev–Trinajstić information content (AvgIpc) is 1.99. The van der Waals surface area contributed by atoms with Crippen LogP contribution in [0, 0.1) is 0 Å². The molecule has 0 atom stereocenters. The molecule has 1 aromatic heterocycles. The van der Waals surface area contributed by atoms with Crippen molar-refractivity contribution >= 4 is 30.5 Å². The zero-order valence-corrected chi connectivity index (χ0v) is 8.70. The van der Waals surface area contributed by atoms with E-state index in [0.717, 1.165) is 18.8 Å². The van der Waals surface area contributed by atoms with E-state index in [1.165, 1.54) is 0 Å². The molecule has 1 aliphatic rings. The molecule has 0 aliphatic carbocycles. The van der Waals surface area contributed by atoms with Crippen molar-refractivity contribution in [2.45, 2.75) is 6.04 Å². The summed E-state index contributed by atoms with van der Waals surface area (Å²) in [5, 5.41) is 6.58. The molecule has 3 nitrogen and oxygen atoms in total. The monoisotopic (exact) mass is 221 g/mol. The van der Waals surface area contributed by atoms with Gasteiger partial charge in [-0.15, -0.1) is 24.8 Å². The quantitative estimate of drug-likeness (QED) is 0.792. The molecule has 2 rings (SSSR count). The molecule has 0 aromatic carbocycles. The fourth-order valence-corrected chi connectivity index (χ4v) is 1.07. The molecular formula is C8H13Cl2N3. The smallest absolute Gasteiger partial charge is 0.0510 e. The highest BCUT2D eigenvalue weighted by Crippen LogP contribution is 2.07. The van der Waals surface area contributed by atoms with Gasteiger partial charge in [-0.2, -0.15) is 0 Å². The summed E-state index contributed by atoms with van der Waals surface area (Å²) in [6, 6.07) is 4.58. The van der Waals surface area contributed by atoms with E-state index in [0.29, 0.717) is 6.04 Å². The zero-order chi connectivity index (χ0) is 7.52. The van der Waals surface area contributed by atoms with Crippen molar-refractivity contribution in [3.8, 4) is 0 Å². The Morgan fingerprint density at radius 3 is 2.31 bits per heavy atom. The Hall–Kier alpha value is -0.510. The van der Waals surface area contributed by atoms with Crippen LogP contribution in [-0.4, -0.2) is 24.1 Å². The number of hydrogen-bond acceptors (Lipinski definition) is 3. The van der Waals surface area contributed by atoms with Gasteiger partial charge in [-0.05, 0) is 12.1 Å². The van der Waals surface area contributed by atoms with Gasteiger partial charge in [-0.25, -0.2) is 0 Å². The first-order valence-electron chi connectivity index (χ1n) is 3.82. The molecule has 0 unspecified atom stereocenters. The Balaban J connectivity index is 0.000000720. The van der Waals surface area contributed by atoms with Gasteiger partial charge in [0.15, 0.2) is 0 Å². The van der Waals surface area contributed by atoms with E-state index in [-0.39, 0.29) is 24.8 Å². The highest BCUT2D eigenvalue weighted by Gasteiger charge is 2.15. The summed E-state index contributed by atoms with van der Waals surface area (Å²) in [6.45, 7) is 2.14. The first-order chi connectivity index (χ1) is 5.45. The van der Waals surface area contributed by atoms with Crippen molar-refractivity contribution in [3.63, 3.8) is 0 Å². The van der Waals surface area contributed by atoms with Gasteiger partial charge in [0.2, 0.25) is 0 Å². The lowest BCUT2D eigenvalue weighted by molar-refractivity contribution is 0.472. The Morgan fingerprint density at radius 1 is 1.23 bits per heavy atom. The number of nitrogens with one attached hydrogen (secondary N) is 2. The minimum atomic E-state index is 0. The van der Waals surface area contributed by atoms with Gasteiger partial charge in [0.05, 0.1) is 6.04 Å². The lowest BCUT2D eigenvalue weighted by Crippen LogP contribution is -2.51. The van der Waals surface area contributed by atoms with Crippen LogP contribution in [-0.2, 0) is 0 Å².